The smallest absolute Gasteiger partial charge is 0.327 e. The molecule has 2 atom stereocenters. The van der Waals surface area contributed by atoms with Crippen LogP contribution in [0.2, 0.25) is 0 Å². The number of nitrogens with two attached hydrogens (primary N) is 1. The summed E-state index contributed by atoms with van der Waals surface area (Å²) in [5.41, 5.74) is 5.27. The molecule has 0 aromatic carbocycles. The standard InChI is InChI=1S/C10H16F3N/c1-6(2)8-4-3-7(5-9(8)14)10(11,12)13/h3,6,8-9H,4-5,14H2,1-2H3. The summed E-state index contributed by atoms with van der Waals surface area (Å²) in [6.07, 6.45) is -2.48. The van der Waals surface area contributed by atoms with Crippen molar-refractivity contribution < 1.29 is 13.2 Å². The van der Waals surface area contributed by atoms with Crippen LogP contribution in [0.25, 0.3) is 0 Å². The highest BCUT2D eigenvalue weighted by Crippen LogP contribution is 2.36. The molecule has 0 amide bonds. The molecule has 2 unspecified atom stereocenters. The summed E-state index contributed by atoms with van der Waals surface area (Å²) in [7, 11) is 0. The van der Waals surface area contributed by atoms with E-state index in [0.717, 1.165) is 0 Å². The van der Waals surface area contributed by atoms with E-state index in [1.165, 1.54) is 6.08 Å². The molecule has 14 heavy (non-hydrogen) atoms. The van der Waals surface area contributed by atoms with E-state index in [9.17, 15) is 13.2 Å². The van der Waals surface area contributed by atoms with Crippen LogP contribution in [0.15, 0.2) is 11.6 Å². The maximum absolute atomic E-state index is 12.3. The first-order valence-electron chi connectivity index (χ1n) is 4.84. The van der Waals surface area contributed by atoms with Gasteiger partial charge in [-0.2, -0.15) is 13.2 Å². The SMILES string of the molecule is CC(C)C1CC=C(C(F)(F)F)CC1N. The van der Waals surface area contributed by atoms with Crippen molar-refractivity contribution >= 4 is 0 Å². The van der Waals surface area contributed by atoms with Crippen molar-refractivity contribution in [1.29, 1.82) is 0 Å². The van der Waals surface area contributed by atoms with Crippen molar-refractivity contribution in [2.75, 3.05) is 0 Å². The van der Waals surface area contributed by atoms with Crippen molar-refractivity contribution in [2.45, 2.75) is 38.9 Å². The summed E-state index contributed by atoms with van der Waals surface area (Å²) < 4.78 is 37.0. The number of halogens is 3. The molecule has 1 rings (SSSR count). The van der Waals surface area contributed by atoms with Crippen molar-refractivity contribution in [2.24, 2.45) is 17.6 Å². The molecule has 1 nitrogen and oxygen atoms in total. The summed E-state index contributed by atoms with van der Waals surface area (Å²) in [4.78, 5) is 0. The summed E-state index contributed by atoms with van der Waals surface area (Å²) in [5, 5.41) is 0. The van der Waals surface area contributed by atoms with Gasteiger partial charge in [0.2, 0.25) is 0 Å². The summed E-state index contributed by atoms with van der Waals surface area (Å²) in [6.45, 7) is 3.99. The lowest BCUT2D eigenvalue weighted by atomic mass is 9.79. The minimum absolute atomic E-state index is 0.0354. The van der Waals surface area contributed by atoms with Gasteiger partial charge in [-0.25, -0.2) is 0 Å². The van der Waals surface area contributed by atoms with Gasteiger partial charge in [0.25, 0.3) is 0 Å². The van der Waals surface area contributed by atoms with Gasteiger partial charge in [-0.1, -0.05) is 19.9 Å². The molecule has 0 saturated heterocycles. The molecule has 82 valence electrons. The Hall–Kier alpha value is -0.510. The number of hydrogen-bond acceptors (Lipinski definition) is 1. The fourth-order valence-corrected chi connectivity index (χ4v) is 1.94. The Kier molecular flexibility index (Phi) is 3.24. The third-order valence-electron chi connectivity index (χ3n) is 2.86. The van der Waals surface area contributed by atoms with E-state index in [1.54, 1.807) is 0 Å². The summed E-state index contributed by atoms with van der Waals surface area (Å²) in [6, 6.07) is -0.350. The number of alkyl halides is 3. The van der Waals surface area contributed by atoms with Gasteiger partial charge in [-0.05, 0) is 24.7 Å². The van der Waals surface area contributed by atoms with E-state index in [2.05, 4.69) is 0 Å². The van der Waals surface area contributed by atoms with Crippen molar-refractivity contribution in [3.05, 3.63) is 11.6 Å². The van der Waals surface area contributed by atoms with E-state index in [1.807, 2.05) is 13.8 Å². The van der Waals surface area contributed by atoms with Crippen molar-refractivity contribution in [3.8, 4) is 0 Å². The predicted molar refractivity (Wildman–Crippen MR) is 49.7 cm³/mol. The fourth-order valence-electron chi connectivity index (χ4n) is 1.94. The van der Waals surface area contributed by atoms with E-state index < -0.39 is 11.7 Å². The average molecular weight is 207 g/mol. The molecule has 0 heterocycles. The van der Waals surface area contributed by atoms with Crippen LogP contribution in [-0.4, -0.2) is 12.2 Å². The van der Waals surface area contributed by atoms with E-state index >= 15 is 0 Å². The number of rotatable bonds is 1. The second-order valence-corrected chi connectivity index (χ2v) is 4.24. The van der Waals surface area contributed by atoms with Gasteiger partial charge in [0, 0.05) is 11.6 Å². The zero-order valence-corrected chi connectivity index (χ0v) is 8.43. The third-order valence-corrected chi connectivity index (χ3v) is 2.86. The lowest BCUT2D eigenvalue weighted by Crippen LogP contribution is -2.38. The maximum Gasteiger partial charge on any atom is 0.412 e. The van der Waals surface area contributed by atoms with E-state index in [0.29, 0.717) is 12.3 Å². The largest absolute Gasteiger partial charge is 0.412 e. The van der Waals surface area contributed by atoms with Crippen LogP contribution in [0.4, 0.5) is 13.2 Å². The van der Waals surface area contributed by atoms with Crippen LogP contribution in [0.5, 0.6) is 0 Å². The molecular formula is C10H16F3N. The van der Waals surface area contributed by atoms with Gasteiger partial charge in [0.1, 0.15) is 0 Å². The predicted octanol–water partition coefficient (Wildman–Crippen LogP) is 2.87. The van der Waals surface area contributed by atoms with Gasteiger partial charge in [-0.15, -0.1) is 0 Å². The lowest BCUT2D eigenvalue weighted by Gasteiger charge is -2.31. The molecule has 4 heteroatoms. The highest BCUT2D eigenvalue weighted by Gasteiger charge is 2.38. The molecular weight excluding hydrogens is 191 g/mol. The Morgan fingerprint density at radius 3 is 2.36 bits per heavy atom. The highest BCUT2D eigenvalue weighted by atomic mass is 19.4. The maximum atomic E-state index is 12.3. The molecule has 0 aliphatic heterocycles. The molecule has 0 bridgehead atoms. The zero-order chi connectivity index (χ0) is 10.9. The number of allylic oxidation sites excluding steroid dienone is 1. The van der Waals surface area contributed by atoms with Crippen molar-refractivity contribution in [1.82, 2.24) is 0 Å². The highest BCUT2D eigenvalue weighted by molar-refractivity contribution is 5.15. The minimum Gasteiger partial charge on any atom is -0.327 e. The zero-order valence-electron chi connectivity index (χ0n) is 8.43. The van der Waals surface area contributed by atoms with Gasteiger partial charge in [0.15, 0.2) is 0 Å². The van der Waals surface area contributed by atoms with Gasteiger partial charge >= 0.3 is 6.18 Å². The van der Waals surface area contributed by atoms with Crippen LogP contribution >= 0.6 is 0 Å². The molecule has 1 aliphatic rings. The molecule has 0 radical (unpaired) electrons. The Balaban J connectivity index is 2.73. The Bertz CT molecular complexity index is 230. The summed E-state index contributed by atoms with van der Waals surface area (Å²) >= 11 is 0. The second-order valence-electron chi connectivity index (χ2n) is 4.24. The van der Waals surface area contributed by atoms with Crippen LogP contribution in [0, 0.1) is 11.8 Å². The second kappa shape index (κ2) is 3.93. The van der Waals surface area contributed by atoms with Crippen LogP contribution in [0.3, 0.4) is 0 Å². The molecule has 0 spiro atoms. The molecule has 0 aromatic heterocycles. The first kappa shape index (κ1) is 11.6. The van der Waals surface area contributed by atoms with Crippen LogP contribution in [-0.2, 0) is 0 Å². The fraction of sp³-hybridized carbons (Fsp3) is 0.800. The normalized spacial score (nSPS) is 29.2. The van der Waals surface area contributed by atoms with Gasteiger partial charge in [-0.3, -0.25) is 0 Å². The van der Waals surface area contributed by atoms with Gasteiger partial charge in [0.05, 0.1) is 0 Å². The Morgan fingerprint density at radius 1 is 1.43 bits per heavy atom. The molecule has 0 fully saturated rings. The average Bonchev–Trinajstić information content (AvgIpc) is 2.01. The first-order valence-corrected chi connectivity index (χ1v) is 4.84. The summed E-state index contributed by atoms with van der Waals surface area (Å²) in [5.74, 6) is 0.525. The molecule has 0 aromatic rings. The van der Waals surface area contributed by atoms with Gasteiger partial charge < -0.3 is 5.73 Å². The first-order chi connectivity index (χ1) is 6.32. The minimum atomic E-state index is -4.19. The lowest BCUT2D eigenvalue weighted by molar-refractivity contribution is -0.0965. The van der Waals surface area contributed by atoms with E-state index in [-0.39, 0.29) is 18.4 Å². The molecule has 2 N–H and O–H groups in total. The van der Waals surface area contributed by atoms with E-state index in [4.69, 9.17) is 5.73 Å². The third kappa shape index (κ3) is 2.50. The number of hydrogen-bond donors (Lipinski definition) is 1. The molecule has 0 saturated carbocycles. The van der Waals surface area contributed by atoms with Crippen LogP contribution in [0.1, 0.15) is 26.7 Å². The van der Waals surface area contributed by atoms with Crippen molar-refractivity contribution in [3.63, 3.8) is 0 Å². The molecule has 1 aliphatic carbocycles. The Morgan fingerprint density at radius 2 is 2.00 bits per heavy atom. The Labute approximate surface area is 82.2 Å². The topological polar surface area (TPSA) is 26.0 Å². The monoisotopic (exact) mass is 207 g/mol. The quantitative estimate of drug-likeness (QED) is 0.657. The van der Waals surface area contributed by atoms with Crippen LogP contribution < -0.4 is 5.73 Å².